The summed E-state index contributed by atoms with van der Waals surface area (Å²) in [5, 5.41) is 0. The average Bonchev–Trinajstić information content (AvgIpc) is 2.49. The summed E-state index contributed by atoms with van der Waals surface area (Å²) >= 11 is 0. The van der Waals surface area contributed by atoms with Crippen molar-refractivity contribution in [3.8, 4) is 0 Å². The van der Waals surface area contributed by atoms with E-state index in [9.17, 15) is 14.4 Å². The van der Waals surface area contributed by atoms with Crippen LogP contribution in [0.3, 0.4) is 0 Å². The fourth-order valence-corrected chi connectivity index (χ4v) is 2.88. The standard InChI is InChI=1S/C13H20O8/c1-17-8(14)6-12(11(16)19-3)7-13(20-4,21-5)9(12)10(15)18-2/h9H,6-7H2,1-5H3/t9-,12-/m1/s1. The van der Waals surface area contributed by atoms with Gasteiger partial charge in [-0.3, -0.25) is 14.4 Å². The molecule has 21 heavy (non-hydrogen) atoms. The summed E-state index contributed by atoms with van der Waals surface area (Å²) in [7, 11) is 6.24. The highest BCUT2D eigenvalue weighted by molar-refractivity contribution is 5.92. The van der Waals surface area contributed by atoms with E-state index in [1.165, 1.54) is 35.5 Å². The largest absolute Gasteiger partial charge is 0.469 e. The summed E-state index contributed by atoms with van der Waals surface area (Å²) in [5.74, 6) is -4.55. The number of rotatable bonds is 6. The monoisotopic (exact) mass is 304 g/mol. The molecule has 0 saturated heterocycles. The molecule has 0 aromatic carbocycles. The van der Waals surface area contributed by atoms with E-state index in [4.69, 9.17) is 18.9 Å². The summed E-state index contributed by atoms with van der Waals surface area (Å²) in [5.41, 5.74) is -1.43. The molecular weight excluding hydrogens is 284 g/mol. The van der Waals surface area contributed by atoms with Crippen LogP contribution in [-0.2, 0) is 38.1 Å². The zero-order chi connectivity index (χ0) is 16.3. The molecule has 8 heteroatoms. The van der Waals surface area contributed by atoms with Crippen molar-refractivity contribution in [1.82, 2.24) is 0 Å². The van der Waals surface area contributed by atoms with Crippen LogP contribution in [0.1, 0.15) is 12.8 Å². The Morgan fingerprint density at radius 2 is 1.52 bits per heavy atom. The lowest BCUT2D eigenvalue weighted by atomic mass is 9.53. The topological polar surface area (TPSA) is 97.4 Å². The van der Waals surface area contributed by atoms with Gasteiger partial charge in [-0.25, -0.2) is 0 Å². The number of esters is 3. The molecule has 0 bridgehead atoms. The molecule has 1 aliphatic carbocycles. The Morgan fingerprint density at radius 3 is 1.90 bits per heavy atom. The van der Waals surface area contributed by atoms with Crippen LogP contribution >= 0.6 is 0 Å². The Hall–Kier alpha value is -1.67. The van der Waals surface area contributed by atoms with Gasteiger partial charge < -0.3 is 23.7 Å². The summed E-state index contributed by atoms with van der Waals surface area (Å²) in [6.07, 6.45) is -0.348. The smallest absolute Gasteiger partial charge is 0.315 e. The minimum Gasteiger partial charge on any atom is -0.469 e. The number of hydrogen-bond acceptors (Lipinski definition) is 8. The molecule has 0 spiro atoms. The maximum atomic E-state index is 12.2. The predicted molar refractivity (Wildman–Crippen MR) is 68.0 cm³/mol. The quantitative estimate of drug-likeness (QED) is 0.381. The lowest BCUT2D eigenvalue weighted by Gasteiger charge is -2.56. The highest BCUT2D eigenvalue weighted by Gasteiger charge is 2.73. The Bertz CT molecular complexity index is 428. The average molecular weight is 304 g/mol. The van der Waals surface area contributed by atoms with E-state index in [1.807, 2.05) is 0 Å². The molecule has 0 aromatic heterocycles. The van der Waals surface area contributed by atoms with E-state index in [-0.39, 0.29) is 12.8 Å². The second kappa shape index (κ2) is 6.40. The maximum Gasteiger partial charge on any atom is 0.315 e. The summed E-state index contributed by atoms with van der Waals surface area (Å²) < 4.78 is 24.5. The normalized spacial score (nSPS) is 26.4. The van der Waals surface area contributed by atoms with Crippen LogP contribution in [0, 0.1) is 11.3 Å². The fraction of sp³-hybridized carbons (Fsp3) is 0.769. The zero-order valence-corrected chi connectivity index (χ0v) is 12.8. The Kier molecular flexibility index (Phi) is 5.30. The zero-order valence-electron chi connectivity index (χ0n) is 12.8. The minimum atomic E-state index is -1.43. The third-order valence-electron chi connectivity index (χ3n) is 3.96. The van der Waals surface area contributed by atoms with Crippen molar-refractivity contribution < 1.29 is 38.1 Å². The maximum absolute atomic E-state index is 12.2. The van der Waals surface area contributed by atoms with Crippen molar-refractivity contribution in [1.29, 1.82) is 0 Å². The molecule has 120 valence electrons. The van der Waals surface area contributed by atoms with Crippen LogP contribution in [0.4, 0.5) is 0 Å². The van der Waals surface area contributed by atoms with E-state index in [0.29, 0.717) is 0 Å². The first-order chi connectivity index (χ1) is 9.87. The van der Waals surface area contributed by atoms with Crippen molar-refractivity contribution in [2.45, 2.75) is 18.6 Å². The minimum absolute atomic E-state index is 0.0193. The second-order valence-electron chi connectivity index (χ2n) is 4.75. The van der Waals surface area contributed by atoms with Gasteiger partial charge in [-0.05, 0) is 0 Å². The molecule has 1 saturated carbocycles. The first-order valence-corrected chi connectivity index (χ1v) is 6.20. The number of ether oxygens (including phenoxy) is 5. The lowest BCUT2D eigenvalue weighted by Crippen LogP contribution is -2.69. The molecule has 0 aromatic rings. The molecule has 0 amide bonds. The van der Waals surface area contributed by atoms with Gasteiger partial charge in [0.2, 0.25) is 0 Å². The second-order valence-corrected chi connectivity index (χ2v) is 4.75. The summed E-state index contributed by atoms with van der Waals surface area (Å²) in [6, 6.07) is 0. The van der Waals surface area contributed by atoms with Gasteiger partial charge in [-0.1, -0.05) is 0 Å². The van der Waals surface area contributed by atoms with Gasteiger partial charge >= 0.3 is 17.9 Å². The van der Waals surface area contributed by atoms with Crippen LogP contribution in [-0.4, -0.2) is 59.2 Å². The van der Waals surface area contributed by atoms with Gasteiger partial charge in [0, 0.05) is 20.6 Å². The summed E-state index contributed by atoms with van der Waals surface area (Å²) in [4.78, 5) is 35.9. The number of carbonyl (C=O) groups excluding carboxylic acids is 3. The van der Waals surface area contributed by atoms with Gasteiger partial charge in [-0.2, -0.15) is 0 Å². The summed E-state index contributed by atoms with van der Waals surface area (Å²) in [6.45, 7) is 0. The molecular formula is C13H20O8. The highest BCUT2D eigenvalue weighted by atomic mass is 16.7. The highest BCUT2D eigenvalue weighted by Crippen LogP contribution is 2.59. The molecule has 8 nitrogen and oxygen atoms in total. The van der Waals surface area contributed by atoms with Gasteiger partial charge in [-0.15, -0.1) is 0 Å². The van der Waals surface area contributed by atoms with Crippen LogP contribution in [0.2, 0.25) is 0 Å². The van der Waals surface area contributed by atoms with E-state index in [2.05, 4.69) is 4.74 Å². The molecule has 0 unspecified atom stereocenters. The van der Waals surface area contributed by atoms with Crippen molar-refractivity contribution in [3.05, 3.63) is 0 Å². The molecule has 1 rings (SSSR count). The lowest BCUT2D eigenvalue weighted by molar-refractivity contribution is -0.330. The molecule has 1 fully saturated rings. The van der Waals surface area contributed by atoms with Crippen LogP contribution < -0.4 is 0 Å². The number of methoxy groups -OCH3 is 5. The van der Waals surface area contributed by atoms with Crippen molar-refractivity contribution in [3.63, 3.8) is 0 Å². The van der Waals surface area contributed by atoms with Crippen LogP contribution in [0.15, 0.2) is 0 Å². The Morgan fingerprint density at radius 1 is 0.952 bits per heavy atom. The Labute approximate surface area is 122 Å². The van der Waals surface area contributed by atoms with Gasteiger partial charge in [0.25, 0.3) is 0 Å². The predicted octanol–water partition coefficient (Wildman–Crippen LogP) is -0.109. The molecule has 1 aliphatic rings. The fourth-order valence-electron chi connectivity index (χ4n) is 2.88. The molecule has 2 atom stereocenters. The molecule has 0 heterocycles. The van der Waals surface area contributed by atoms with Crippen molar-refractivity contribution in [2.24, 2.45) is 11.3 Å². The van der Waals surface area contributed by atoms with Crippen LogP contribution in [0.25, 0.3) is 0 Å². The molecule has 0 radical (unpaired) electrons. The van der Waals surface area contributed by atoms with Crippen LogP contribution in [0.5, 0.6) is 0 Å². The Balaban J connectivity index is 3.27. The van der Waals surface area contributed by atoms with Crippen molar-refractivity contribution >= 4 is 17.9 Å². The number of carbonyl (C=O) groups is 3. The van der Waals surface area contributed by atoms with E-state index >= 15 is 0 Å². The first kappa shape index (κ1) is 17.4. The van der Waals surface area contributed by atoms with Gasteiger partial charge in [0.15, 0.2) is 5.79 Å². The number of hydrogen-bond donors (Lipinski definition) is 0. The third kappa shape index (κ3) is 2.60. The van der Waals surface area contributed by atoms with Crippen molar-refractivity contribution in [2.75, 3.05) is 35.5 Å². The SMILES string of the molecule is COC(=O)C[C@@]1(C(=O)OC)CC(OC)(OC)[C@@H]1C(=O)OC. The van der Waals surface area contributed by atoms with E-state index in [1.54, 1.807) is 0 Å². The van der Waals surface area contributed by atoms with Gasteiger partial charge in [0.1, 0.15) is 11.3 Å². The van der Waals surface area contributed by atoms with Gasteiger partial charge in [0.05, 0.1) is 27.8 Å². The first-order valence-electron chi connectivity index (χ1n) is 6.20. The molecule has 0 N–H and O–H groups in total. The third-order valence-corrected chi connectivity index (χ3v) is 3.96. The van der Waals surface area contributed by atoms with E-state index < -0.39 is 35.0 Å². The van der Waals surface area contributed by atoms with E-state index in [0.717, 1.165) is 0 Å². The molecule has 0 aliphatic heterocycles.